The maximum atomic E-state index is 5.87. The van der Waals surface area contributed by atoms with Crippen molar-refractivity contribution in [2.75, 3.05) is 5.32 Å². The number of aryl methyl sites for hydroxylation is 1. The van der Waals surface area contributed by atoms with Gasteiger partial charge in [-0.1, -0.05) is 18.5 Å². The smallest absolute Gasteiger partial charge is 0.203 e. The summed E-state index contributed by atoms with van der Waals surface area (Å²) in [6.45, 7) is 3.93. The Hall–Kier alpha value is -1.000. The first-order chi connectivity index (χ1) is 7.79. The molecule has 0 saturated heterocycles. The maximum Gasteiger partial charge on any atom is 0.203 e. The van der Waals surface area contributed by atoms with Crippen LogP contribution in [0.5, 0.6) is 0 Å². The van der Waals surface area contributed by atoms with Crippen LogP contribution in [-0.4, -0.2) is 9.55 Å². The Kier molecular flexibility index (Phi) is 3.85. The fourth-order valence-corrected chi connectivity index (χ4v) is 2.54. The van der Waals surface area contributed by atoms with Crippen LogP contribution >= 0.6 is 22.9 Å². The monoisotopic (exact) mass is 255 g/mol. The highest BCUT2D eigenvalue weighted by Crippen LogP contribution is 2.22. The molecular weight excluding hydrogens is 242 g/mol. The number of aromatic nitrogens is 2. The molecule has 0 spiro atoms. The number of thiophene rings is 1. The summed E-state index contributed by atoms with van der Waals surface area (Å²) in [5.41, 5.74) is 0. The van der Waals surface area contributed by atoms with E-state index in [4.69, 9.17) is 11.6 Å². The molecule has 0 fully saturated rings. The Bertz CT molecular complexity index is 450. The average molecular weight is 256 g/mol. The maximum absolute atomic E-state index is 5.87. The van der Waals surface area contributed by atoms with E-state index in [-0.39, 0.29) is 0 Å². The first-order valence-electron chi connectivity index (χ1n) is 5.29. The summed E-state index contributed by atoms with van der Waals surface area (Å²) < 4.78 is 2.95. The van der Waals surface area contributed by atoms with Crippen LogP contribution in [0.3, 0.4) is 0 Å². The number of imidazole rings is 1. The van der Waals surface area contributed by atoms with E-state index in [1.54, 1.807) is 11.3 Å². The summed E-state index contributed by atoms with van der Waals surface area (Å²) in [6.07, 6.45) is 4.92. The number of nitrogens with zero attached hydrogens (tertiary/aromatic N) is 2. The van der Waals surface area contributed by atoms with Gasteiger partial charge >= 0.3 is 0 Å². The largest absolute Gasteiger partial charge is 0.351 e. The average Bonchev–Trinajstić information content (AvgIpc) is 2.85. The molecule has 0 bridgehead atoms. The quantitative estimate of drug-likeness (QED) is 0.884. The van der Waals surface area contributed by atoms with Gasteiger partial charge in [0.1, 0.15) is 0 Å². The zero-order valence-electron chi connectivity index (χ0n) is 9.11. The minimum atomic E-state index is 0.776. The summed E-state index contributed by atoms with van der Waals surface area (Å²) in [7, 11) is 0. The van der Waals surface area contributed by atoms with E-state index in [0.717, 1.165) is 29.8 Å². The third-order valence-electron chi connectivity index (χ3n) is 2.23. The van der Waals surface area contributed by atoms with Gasteiger partial charge in [-0.25, -0.2) is 4.98 Å². The Morgan fingerprint density at radius 2 is 2.38 bits per heavy atom. The van der Waals surface area contributed by atoms with Crippen LogP contribution < -0.4 is 5.32 Å². The topological polar surface area (TPSA) is 29.9 Å². The summed E-state index contributed by atoms with van der Waals surface area (Å²) in [5.74, 6) is 0.923. The van der Waals surface area contributed by atoms with Gasteiger partial charge in [0.15, 0.2) is 0 Å². The fraction of sp³-hybridized carbons (Fsp3) is 0.364. The van der Waals surface area contributed by atoms with Gasteiger partial charge in [-0.3, -0.25) is 0 Å². The van der Waals surface area contributed by atoms with Gasteiger partial charge in [0.2, 0.25) is 5.95 Å². The van der Waals surface area contributed by atoms with E-state index in [2.05, 4.69) is 21.8 Å². The minimum absolute atomic E-state index is 0.776. The lowest BCUT2D eigenvalue weighted by Gasteiger charge is -2.07. The van der Waals surface area contributed by atoms with Gasteiger partial charge in [-0.15, -0.1) is 11.3 Å². The molecular formula is C11H14ClN3S. The van der Waals surface area contributed by atoms with Crippen molar-refractivity contribution in [1.82, 2.24) is 9.55 Å². The molecule has 0 aliphatic carbocycles. The first-order valence-corrected chi connectivity index (χ1v) is 6.48. The zero-order chi connectivity index (χ0) is 11.4. The second-order valence-electron chi connectivity index (χ2n) is 3.50. The van der Waals surface area contributed by atoms with Crippen molar-refractivity contribution in [2.24, 2.45) is 0 Å². The molecule has 86 valence electrons. The second-order valence-corrected chi connectivity index (χ2v) is 5.30. The van der Waals surface area contributed by atoms with Crippen molar-refractivity contribution in [2.45, 2.75) is 26.4 Å². The van der Waals surface area contributed by atoms with Gasteiger partial charge in [0, 0.05) is 23.8 Å². The van der Waals surface area contributed by atoms with Crippen LogP contribution in [0.1, 0.15) is 18.2 Å². The number of hydrogen-bond acceptors (Lipinski definition) is 3. The molecule has 2 aromatic heterocycles. The van der Waals surface area contributed by atoms with Gasteiger partial charge in [-0.05, 0) is 18.6 Å². The highest BCUT2D eigenvalue weighted by Gasteiger charge is 2.02. The number of rotatable bonds is 5. The molecule has 0 atom stereocenters. The molecule has 3 nitrogen and oxygen atoms in total. The van der Waals surface area contributed by atoms with E-state index >= 15 is 0 Å². The van der Waals surface area contributed by atoms with E-state index in [9.17, 15) is 0 Å². The SMILES string of the molecule is CCCn1ccnc1NCc1ccc(Cl)s1. The van der Waals surface area contributed by atoms with Gasteiger partial charge in [0.05, 0.1) is 10.9 Å². The Labute approximate surface area is 104 Å². The van der Waals surface area contributed by atoms with Crippen molar-refractivity contribution in [3.63, 3.8) is 0 Å². The van der Waals surface area contributed by atoms with Crippen LogP contribution in [0.25, 0.3) is 0 Å². The molecule has 16 heavy (non-hydrogen) atoms. The van der Waals surface area contributed by atoms with Gasteiger partial charge in [0.25, 0.3) is 0 Å². The number of hydrogen-bond donors (Lipinski definition) is 1. The van der Waals surface area contributed by atoms with Crippen molar-refractivity contribution in [3.05, 3.63) is 33.7 Å². The number of anilines is 1. The van der Waals surface area contributed by atoms with E-state index in [0.29, 0.717) is 0 Å². The molecule has 2 rings (SSSR count). The van der Waals surface area contributed by atoms with Crippen molar-refractivity contribution < 1.29 is 0 Å². The highest BCUT2D eigenvalue weighted by molar-refractivity contribution is 7.16. The fourth-order valence-electron chi connectivity index (χ4n) is 1.51. The van der Waals surface area contributed by atoms with Crippen molar-refractivity contribution in [3.8, 4) is 0 Å². The molecule has 0 aromatic carbocycles. The molecule has 0 unspecified atom stereocenters. The van der Waals surface area contributed by atoms with Crippen LogP contribution in [0, 0.1) is 0 Å². The molecule has 5 heteroatoms. The van der Waals surface area contributed by atoms with E-state index in [1.807, 2.05) is 24.5 Å². The van der Waals surface area contributed by atoms with Crippen LogP contribution in [0.15, 0.2) is 24.5 Å². The Balaban J connectivity index is 1.96. The minimum Gasteiger partial charge on any atom is -0.351 e. The van der Waals surface area contributed by atoms with Crippen molar-refractivity contribution >= 4 is 28.9 Å². The standard InChI is InChI=1S/C11H14ClN3S/c1-2-6-15-7-5-13-11(15)14-8-9-3-4-10(12)16-9/h3-5,7H,2,6,8H2,1H3,(H,13,14). The third kappa shape index (κ3) is 2.77. The molecule has 0 aliphatic rings. The summed E-state index contributed by atoms with van der Waals surface area (Å²) in [5, 5.41) is 3.31. The molecule has 0 radical (unpaired) electrons. The Morgan fingerprint density at radius 3 is 3.06 bits per heavy atom. The van der Waals surface area contributed by atoms with Crippen molar-refractivity contribution in [1.29, 1.82) is 0 Å². The lowest BCUT2D eigenvalue weighted by Crippen LogP contribution is -2.06. The zero-order valence-corrected chi connectivity index (χ0v) is 10.7. The molecule has 0 amide bonds. The molecule has 1 N–H and O–H groups in total. The Morgan fingerprint density at radius 1 is 1.50 bits per heavy atom. The summed E-state index contributed by atoms with van der Waals surface area (Å²) in [6, 6.07) is 3.95. The normalized spacial score (nSPS) is 10.6. The molecule has 2 heterocycles. The second kappa shape index (κ2) is 5.37. The van der Waals surface area contributed by atoms with Crippen LogP contribution in [0.4, 0.5) is 5.95 Å². The highest BCUT2D eigenvalue weighted by atomic mass is 35.5. The lowest BCUT2D eigenvalue weighted by atomic mass is 10.4. The third-order valence-corrected chi connectivity index (χ3v) is 3.46. The van der Waals surface area contributed by atoms with E-state index in [1.165, 1.54) is 4.88 Å². The molecule has 2 aromatic rings. The van der Waals surface area contributed by atoms with Gasteiger partial charge < -0.3 is 9.88 Å². The first kappa shape index (κ1) is 11.5. The number of nitrogens with one attached hydrogen (secondary N) is 1. The molecule has 0 saturated carbocycles. The van der Waals surface area contributed by atoms with Gasteiger partial charge in [-0.2, -0.15) is 0 Å². The van der Waals surface area contributed by atoms with Crippen LogP contribution in [-0.2, 0) is 13.1 Å². The predicted octanol–water partition coefficient (Wildman–Crippen LogP) is 3.62. The summed E-state index contributed by atoms with van der Waals surface area (Å²) in [4.78, 5) is 5.50. The van der Waals surface area contributed by atoms with Crippen LogP contribution in [0.2, 0.25) is 4.34 Å². The van der Waals surface area contributed by atoms with E-state index < -0.39 is 0 Å². The predicted molar refractivity (Wildman–Crippen MR) is 69.2 cm³/mol. The number of halogens is 1. The summed E-state index contributed by atoms with van der Waals surface area (Å²) >= 11 is 7.47. The molecule has 0 aliphatic heterocycles. The lowest BCUT2D eigenvalue weighted by molar-refractivity contribution is 0.682.